The van der Waals surface area contributed by atoms with Gasteiger partial charge in [0.25, 0.3) is 0 Å². The molecule has 0 saturated carbocycles. The molecule has 0 saturated heterocycles. The van der Waals surface area contributed by atoms with E-state index in [0.29, 0.717) is 11.6 Å². The summed E-state index contributed by atoms with van der Waals surface area (Å²) in [5.74, 6) is 0.806. The van der Waals surface area contributed by atoms with E-state index >= 15 is 0 Å². The van der Waals surface area contributed by atoms with Crippen molar-refractivity contribution in [3.05, 3.63) is 46.7 Å². The summed E-state index contributed by atoms with van der Waals surface area (Å²) < 4.78 is 7.14. The lowest BCUT2D eigenvalue weighted by atomic mass is 10.2. The lowest BCUT2D eigenvalue weighted by Gasteiger charge is -2.11. The van der Waals surface area contributed by atoms with Gasteiger partial charge >= 0.3 is 0 Å². The number of rotatable bonds is 5. The van der Waals surface area contributed by atoms with Crippen LogP contribution in [0.5, 0.6) is 5.75 Å². The highest BCUT2D eigenvalue weighted by Crippen LogP contribution is 2.25. The second kappa shape index (κ2) is 5.89. The van der Waals surface area contributed by atoms with Crippen LogP contribution in [0, 0.1) is 0 Å². The maximum Gasteiger partial charge on any atom is 0.124 e. The molecule has 2 aromatic rings. The Morgan fingerprint density at radius 2 is 2.17 bits per heavy atom. The van der Waals surface area contributed by atoms with Gasteiger partial charge in [-0.2, -0.15) is 5.10 Å². The van der Waals surface area contributed by atoms with Gasteiger partial charge in [-0.05, 0) is 18.2 Å². The van der Waals surface area contributed by atoms with Crippen LogP contribution in [0.4, 0.5) is 0 Å². The van der Waals surface area contributed by atoms with Crippen molar-refractivity contribution in [2.45, 2.75) is 13.1 Å². The minimum atomic E-state index is 0.661. The molecule has 1 heterocycles. The number of aromatic nitrogens is 2. The van der Waals surface area contributed by atoms with Crippen molar-refractivity contribution in [3.63, 3.8) is 0 Å². The fraction of sp³-hybridized carbons (Fsp3) is 0.308. The Balaban J connectivity index is 2.00. The first-order valence-electron chi connectivity index (χ1n) is 5.71. The van der Waals surface area contributed by atoms with E-state index in [2.05, 4.69) is 10.4 Å². The van der Waals surface area contributed by atoms with Crippen LogP contribution >= 0.6 is 11.6 Å². The molecule has 0 aliphatic carbocycles. The Hall–Kier alpha value is -1.52. The molecule has 5 heteroatoms. The largest absolute Gasteiger partial charge is 0.496 e. The summed E-state index contributed by atoms with van der Waals surface area (Å²) in [7, 11) is 3.57. The monoisotopic (exact) mass is 265 g/mol. The van der Waals surface area contributed by atoms with E-state index < -0.39 is 0 Å². The number of ether oxygens (including phenoxy) is 1. The topological polar surface area (TPSA) is 39.1 Å². The van der Waals surface area contributed by atoms with Gasteiger partial charge in [0.2, 0.25) is 0 Å². The van der Waals surface area contributed by atoms with Crippen molar-refractivity contribution >= 4 is 11.6 Å². The number of hydrogen-bond donors (Lipinski definition) is 1. The van der Waals surface area contributed by atoms with Gasteiger partial charge in [0, 0.05) is 36.9 Å². The molecule has 2 rings (SSSR count). The number of halogens is 1. The fourth-order valence-corrected chi connectivity index (χ4v) is 2.02. The lowest BCUT2D eigenvalue weighted by molar-refractivity contribution is 0.407. The zero-order valence-corrected chi connectivity index (χ0v) is 11.2. The quantitative estimate of drug-likeness (QED) is 0.902. The second-order valence-corrected chi connectivity index (χ2v) is 4.38. The van der Waals surface area contributed by atoms with Crippen molar-refractivity contribution < 1.29 is 4.74 Å². The Morgan fingerprint density at radius 1 is 1.33 bits per heavy atom. The van der Waals surface area contributed by atoms with Crippen molar-refractivity contribution in [3.8, 4) is 5.75 Å². The first-order chi connectivity index (χ1) is 8.72. The lowest BCUT2D eigenvalue weighted by Crippen LogP contribution is -2.16. The Labute approximate surface area is 112 Å². The first kappa shape index (κ1) is 12.9. The second-order valence-electron chi connectivity index (χ2n) is 3.97. The molecule has 1 N–H and O–H groups in total. The van der Waals surface area contributed by atoms with Crippen LogP contribution < -0.4 is 10.1 Å². The highest BCUT2D eigenvalue weighted by molar-refractivity contribution is 6.31. The standard InChI is InChI=1S/C13H16ClN3O/c1-17-10(6-7-16-17)8-15-9-11-12(14)4-3-5-13(11)18-2/h3-7,15H,8-9H2,1-2H3. The van der Waals surface area contributed by atoms with Crippen molar-refractivity contribution in [2.75, 3.05) is 7.11 Å². The zero-order chi connectivity index (χ0) is 13.0. The minimum Gasteiger partial charge on any atom is -0.496 e. The zero-order valence-electron chi connectivity index (χ0n) is 10.5. The van der Waals surface area contributed by atoms with Crippen LogP contribution in [0.25, 0.3) is 0 Å². The number of hydrogen-bond acceptors (Lipinski definition) is 3. The van der Waals surface area contributed by atoms with Crippen molar-refractivity contribution in [1.82, 2.24) is 15.1 Å². The predicted octanol–water partition coefficient (Wildman–Crippen LogP) is 2.37. The van der Waals surface area contributed by atoms with Crippen LogP contribution in [-0.4, -0.2) is 16.9 Å². The predicted molar refractivity (Wildman–Crippen MR) is 71.8 cm³/mol. The Bertz CT molecular complexity index is 525. The van der Waals surface area contributed by atoms with Crippen LogP contribution in [0.3, 0.4) is 0 Å². The number of benzene rings is 1. The average Bonchev–Trinajstić information content (AvgIpc) is 2.77. The molecular formula is C13H16ClN3O. The van der Waals surface area contributed by atoms with E-state index in [1.54, 1.807) is 13.3 Å². The molecular weight excluding hydrogens is 250 g/mol. The van der Waals surface area contributed by atoms with E-state index in [1.807, 2.05) is 36.0 Å². The highest BCUT2D eigenvalue weighted by atomic mass is 35.5. The third kappa shape index (κ3) is 2.83. The summed E-state index contributed by atoms with van der Waals surface area (Å²) in [4.78, 5) is 0. The number of nitrogens with zero attached hydrogens (tertiary/aromatic N) is 2. The molecule has 0 spiro atoms. The van der Waals surface area contributed by atoms with Crippen LogP contribution in [0.2, 0.25) is 5.02 Å². The first-order valence-corrected chi connectivity index (χ1v) is 6.09. The highest BCUT2D eigenvalue weighted by Gasteiger charge is 2.07. The van der Waals surface area contributed by atoms with Gasteiger partial charge in [-0.3, -0.25) is 4.68 Å². The van der Waals surface area contributed by atoms with Crippen LogP contribution in [0.15, 0.2) is 30.5 Å². The smallest absolute Gasteiger partial charge is 0.124 e. The molecule has 0 fully saturated rings. The molecule has 0 aliphatic heterocycles. The SMILES string of the molecule is COc1cccc(Cl)c1CNCc1ccnn1C. The summed E-state index contributed by atoms with van der Waals surface area (Å²) in [6.07, 6.45) is 1.78. The molecule has 0 unspecified atom stereocenters. The summed E-state index contributed by atoms with van der Waals surface area (Å²) >= 11 is 6.16. The van der Waals surface area contributed by atoms with Gasteiger partial charge in [-0.15, -0.1) is 0 Å². The van der Waals surface area contributed by atoms with E-state index in [9.17, 15) is 0 Å². The van der Waals surface area contributed by atoms with Gasteiger partial charge in [-0.1, -0.05) is 17.7 Å². The summed E-state index contributed by atoms with van der Waals surface area (Å²) in [6, 6.07) is 7.64. The van der Waals surface area contributed by atoms with E-state index in [-0.39, 0.29) is 0 Å². The molecule has 0 amide bonds. The minimum absolute atomic E-state index is 0.661. The van der Waals surface area contributed by atoms with E-state index in [1.165, 1.54) is 0 Å². The Morgan fingerprint density at radius 3 is 2.83 bits per heavy atom. The average molecular weight is 266 g/mol. The maximum atomic E-state index is 6.16. The maximum absolute atomic E-state index is 6.16. The molecule has 4 nitrogen and oxygen atoms in total. The molecule has 0 bridgehead atoms. The summed E-state index contributed by atoms with van der Waals surface area (Å²) in [6.45, 7) is 1.40. The molecule has 0 aliphatic rings. The molecule has 18 heavy (non-hydrogen) atoms. The van der Waals surface area contributed by atoms with Gasteiger partial charge in [0.1, 0.15) is 5.75 Å². The van der Waals surface area contributed by atoms with Crippen LogP contribution in [-0.2, 0) is 20.1 Å². The van der Waals surface area contributed by atoms with Gasteiger partial charge in [0.05, 0.1) is 12.8 Å². The summed E-state index contributed by atoms with van der Waals surface area (Å²) in [5.41, 5.74) is 2.10. The normalized spacial score (nSPS) is 10.6. The van der Waals surface area contributed by atoms with Gasteiger partial charge in [0.15, 0.2) is 0 Å². The molecule has 96 valence electrons. The third-order valence-electron chi connectivity index (χ3n) is 2.83. The molecule has 0 radical (unpaired) electrons. The molecule has 1 aromatic carbocycles. The fourth-order valence-electron chi connectivity index (χ4n) is 1.79. The van der Waals surface area contributed by atoms with Gasteiger partial charge in [-0.25, -0.2) is 0 Å². The van der Waals surface area contributed by atoms with E-state index in [4.69, 9.17) is 16.3 Å². The molecule has 1 aromatic heterocycles. The van der Waals surface area contributed by atoms with E-state index in [0.717, 1.165) is 23.6 Å². The van der Waals surface area contributed by atoms with Crippen molar-refractivity contribution in [1.29, 1.82) is 0 Å². The number of methoxy groups -OCH3 is 1. The van der Waals surface area contributed by atoms with Crippen LogP contribution in [0.1, 0.15) is 11.3 Å². The van der Waals surface area contributed by atoms with Crippen molar-refractivity contribution in [2.24, 2.45) is 7.05 Å². The molecule has 0 atom stereocenters. The van der Waals surface area contributed by atoms with Gasteiger partial charge < -0.3 is 10.1 Å². The number of nitrogens with one attached hydrogen (secondary N) is 1. The third-order valence-corrected chi connectivity index (χ3v) is 3.18. The number of aryl methyl sites for hydroxylation is 1. The Kier molecular flexibility index (Phi) is 4.23. The summed E-state index contributed by atoms with van der Waals surface area (Å²) in [5, 5.41) is 8.17.